The van der Waals surface area contributed by atoms with E-state index in [2.05, 4.69) is 5.10 Å². The van der Waals surface area contributed by atoms with Crippen LogP contribution in [-0.4, -0.2) is 38.5 Å². The summed E-state index contributed by atoms with van der Waals surface area (Å²) in [6.07, 6.45) is -2.26. The Morgan fingerprint density at radius 1 is 1.61 bits per heavy atom. The number of aliphatic hydroxyl groups excluding tert-OH is 1. The van der Waals surface area contributed by atoms with Gasteiger partial charge in [0.2, 0.25) is 0 Å². The Balaban J connectivity index is 2.35. The zero-order valence-electron chi connectivity index (χ0n) is 9.61. The summed E-state index contributed by atoms with van der Waals surface area (Å²) < 4.78 is 39.0. The van der Waals surface area contributed by atoms with Crippen LogP contribution in [0.15, 0.2) is 6.20 Å². The SMILES string of the molecule is Cn1cc(C(=O)N(CO)C2CC2)c(C(F)(F)F)n1. The second-order valence-electron chi connectivity index (χ2n) is 4.21. The summed E-state index contributed by atoms with van der Waals surface area (Å²) >= 11 is 0. The Hall–Kier alpha value is -1.57. The van der Waals surface area contributed by atoms with E-state index in [1.807, 2.05) is 0 Å². The Bertz CT molecular complexity index is 465. The average Bonchev–Trinajstić information content (AvgIpc) is 3.00. The molecule has 2 rings (SSSR count). The van der Waals surface area contributed by atoms with Crippen molar-refractivity contribution in [3.05, 3.63) is 17.5 Å². The monoisotopic (exact) mass is 263 g/mol. The number of aryl methyl sites for hydroxylation is 1. The molecule has 1 aliphatic carbocycles. The lowest BCUT2D eigenvalue weighted by Gasteiger charge is -2.19. The summed E-state index contributed by atoms with van der Waals surface area (Å²) in [7, 11) is 1.31. The number of amides is 1. The number of carbonyl (C=O) groups excluding carboxylic acids is 1. The van der Waals surface area contributed by atoms with Crippen molar-refractivity contribution in [2.24, 2.45) is 7.05 Å². The lowest BCUT2D eigenvalue weighted by molar-refractivity contribution is -0.141. The highest BCUT2D eigenvalue weighted by molar-refractivity contribution is 5.95. The van der Waals surface area contributed by atoms with Crippen LogP contribution in [0.3, 0.4) is 0 Å². The molecule has 1 aromatic heterocycles. The van der Waals surface area contributed by atoms with E-state index in [9.17, 15) is 18.0 Å². The molecule has 1 amide bonds. The number of halogens is 3. The molecule has 1 aromatic rings. The molecule has 0 spiro atoms. The van der Waals surface area contributed by atoms with Gasteiger partial charge in [-0.2, -0.15) is 18.3 Å². The zero-order chi connectivity index (χ0) is 13.5. The summed E-state index contributed by atoms with van der Waals surface area (Å²) in [5, 5.41) is 12.3. The van der Waals surface area contributed by atoms with Gasteiger partial charge >= 0.3 is 6.18 Å². The fraction of sp³-hybridized carbons (Fsp3) is 0.600. The highest BCUT2D eigenvalue weighted by Crippen LogP contribution is 2.33. The van der Waals surface area contributed by atoms with Crippen LogP contribution in [-0.2, 0) is 13.2 Å². The van der Waals surface area contributed by atoms with Gasteiger partial charge < -0.3 is 10.0 Å². The van der Waals surface area contributed by atoms with Crippen molar-refractivity contribution in [2.75, 3.05) is 6.73 Å². The largest absolute Gasteiger partial charge is 0.435 e. The molecule has 0 aromatic carbocycles. The fourth-order valence-electron chi connectivity index (χ4n) is 1.74. The molecule has 0 unspecified atom stereocenters. The normalized spacial score (nSPS) is 15.8. The minimum atomic E-state index is -4.68. The van der Waals surface area contributed by atoms with Gasteiger partial charge in [-0.05, 0) is 12.8 Å². The van der Waals surface area contributed by atoms with Crippen molar-refractivity contribution >= 4 is 5.91 Å². The van der Waals surface area contributed by atoms with Crippen LogP contribution < -0.4 is 0 Å². The topological polar surface area (TPSA) is 58.4 Å². The number of carbonyl (C=O) groups is 1. The van der Waals surface area contributed by atoms with Crippen LogP contribution in [0.1, 0.15) is 28.9 Å². The summed E-state index contributed by atoms with van der Waals surface area (Å²) in [5.41, 5.74) is -1.74. The number of hydrogen-bond acceptors (Lipinski definition) is 3. The van der Waals surface area contributed by atoms with Crippen molar-refractivity contribution in [2.45, 2.75) is 25.1 Å². The van der Waals surface area contributed by atoms with Crippen molar-refractivity contribution < 1.29 is 23.1 Å². The Morgan fingerprint density at radius 3 is 2.67 bits per heavy atom. The van der Waals surface area contributed by atoms with Gasteiger partial charge in [-0.1, -0.05) is 0 Å². The predicted octanol–water partition coefficient (Wildman–Crippen LogP) is 0.993. The van der Waals surface area contributed by atoms with Crippen LogP contribution in [0, 0.1) is 0 Å². The van der Waals surface area contributed by atoms with Gasteiger partial charge in [0.1, 0.15) is 6.73 Å². The average molecular weight is 263 g/mol. The molecule has 100 valence electrons. The maximum Gasteiger partial charge on any atom is 0.435 e. The molecule has 0 bridgehead atoms. The third-order valence-corrected chi connectivity index (χ3v) is 2.73. The molecule has 18 heavy (non-hydrogen) atoms. The van der Waals surface area contributed by atoms with E-state index in [1.54, 1.807) is 0 Å². The molecular weight excluding hydrogens is 251 g/mol. The second kappa shape index (κ2) is 4.27. The zero-order valence-corrected chi connectivity index (χ0v) is 9.61. The summed E-state index contributed by atoms with van der Waals surface area (Å²) in [6, 6.07) is -0.163. The minimum Gasteiger partial charge on any atom is -0.376 e. The summed E-state index contributed by atoms with van der Waals surface area (Å²) in [6.45, 7) is -0.588. The van der Waals surface area contributed by atoms with Crippen LogP contribution in [0.25, 0.3) is 0 Å². The minimum absolute atomic E-state index is 0.163. The third kappa shape index (κ3) is 2.33. The number of aromatic nitrogens is 2. The van der Waals surface area contributed by atoms with Crippen LogP contribution in [0.2, 0.25) is 0 Å². The standard InChI is InChI=1S/C10H12F3N3O2/c1-15-4-7(8(14-15)10(11,12)13)9(18)16(5-17)6-2-3-6/h4,6,17H,2-3,5H2,1H3. The smallest absolute Gasteiger partial charge is 0.376 e. The number of hydrogen-bond donors (Lipinski definition) is 1. The highest BCUT2D eigenvalue weighted by atomic mass is 19.4. The predicted molar refractivity (Wildman–Crippen MR) is 54.5 cm³/mol. The molecule has 0 radical (unpaired) electrons. The Kier molecular flexibility index (Phi) is 3.05. The quantitative estimate of drug-likeness (QED) is 0.827. The van der Waals surface area contributed by atoms with Crippen LogP contribution in [0.5, 0.6) is 0 Å². The van der Waals surface area contributed by atoms with E-state index in [0.29, 0.717) is 12.8 Å². The van der Waals surface area contributed by atoms with Gasteiger partial charge in [0.05, 0.1) is 5.56 Å². The molecule has 1 fully saturated rings. The molecule has 0 saturated heterocycles. The van der Waals surface area contributed by atoms with E-state index in [1.165, 1.54) is 7.05 Å². The van der Waals surface area contributed by atoms with Crippen molar-refractivity contribution in [3.8, 4) is 0 Å². The van der Waals surface area contributed by atoms with Gasteiger partial charge in [-0.25, -0.2) is 0 Å². The molecule has 1 saturated carbocycles. The number of alkyl halides is 3. The fourth-order valence-corrected chi connectivity index (χ4v) is 1.74. The van der Waals surface area contributed by atoms with Gasteiger partial charge in [-0.15, -0.1) is 0 Å². The van der Waals surface area contributed by atoms with E-state index in [-0.39, 0.29) is 6.04 Å². The second-order valence-corrected chi connectivity index (χ2v) is 4.21. The molecule has 0 aliphatic heterocycles. The number of rotatable bonds is 3. The molecule has 1 N–H and O–H groups in total. The Labute approximate surface area is 101 Å². The molecule has 8 heteroatoms. The van der Waals surface area contributed by atoms with E-state index in [4.69, 9.17) is 5.11 Å². The summed E-state index contributed by atoms with van der Waals surface area (Å²) in [5.74, 6) is -0.833. The first-order valence-electron chi connectivity index (χ1n) is 5.37. The maximum atomic E-state index is 12.7. The van der Waals surface area contributed by atoms with E-state index >= 15 is 0 Å². The molecular formula is C10H12F3N3O2. The summed E-state index contributed by atoms with van der Waals surface area (Å²) in [4.78, 5) is 13.0. The van der Waals surface area contributed by atoms with Crippen molar-refractivity contribution in [1.82, 2.24) is 14.7 Å². The number of nitrogens with zero attached hydrogens (tertiary/aromatic N) is 3. The van der Waals surface area contributed by atoms with E-state index in [0.717, 1.165) is 15.8 Å². The van der Waals surface area contributed by atoms with Gasteiger partial charge in [0.15, 0.2) is 5.69 Å². The third-order valence-electron chi connectivity index (χ3n) is 2.73. The number of aliphatic hydroxyl groups is 1. The highest BCUT2D eigenvalue weighted by Gasteiger charge is 2.42. The maximum absolute atomic E-state index is 12.7. The molecule has 1 heterocycles. The van der Waals surface area contributed by atoms with Gasteiger partial charge in [0.25, 0.3) is 5.91 Å². The lowest BCUT2D eigenvalue weighted by atomic mass is 10.2. The molecule has 1 aliphatic rings. The Morgan fingerprint density at radius 2 is 2.22 bits per heavy atom. The molecule has 0 atom stereocenters. The van der Waals surface area contributed by atoms with Crippen molar-refractivity contribution in [3.63, 3.8) is 0 Å². The van der Waals surface area contributed by atoms with Crippen molar-refractivity contribution in [1.29, 1.82) is 0 Å². The van der Waals surface area contributed by atoms with Gasteiger partial charge in [-0.3, -0.25) is 9.48 Å². The van der Waals surface area contributed by atoms with Crippen LogP contribution in [0.4, 0.5) is 13.2 Å². The van der Waals surface area contributed by atoms with E-state index < -0.39 is 30.1 Å². The van der Waals surface area contributed by atoms with Crippen LogP contribution >= 0.6 is 0 Å². The first-order valence-corrected chi connectivity index (χ1v) is 5.37. The van der Waals surface area contributed by atoms with Gasteiger partial charge in [0, 0.05) is 19.3 Å². The molecule has 5 nitrogen and oxygen atoms in total. The first kappa shape index (κ1) is 12.9. The lowest BCUT2D eigenvalue weighted by Crippen LogP contribution is -2.34. The first-order chi connectivity index (χ1) is 8.34.